The monoisotopic (exact) mass is 278 g/mol. The molecule has 0 unspecified atom stereocenters. The van der Waals surface area contributed by atoms with E-state index >= 15 is 0 Å². The number of benzene rings is 1. The minimum atomic E-state index is 0.279. The molecular weight excluding hydrogens is 260 g/mol. The molecule has 102 valence electrons. The SMILES string of the molecule is Cc1cc(OC2CCOCC2)ccc1C#CCCCl. The van der Waals surface area contributed by atoms with Crippen LogP contribution in [0.1, 0.15) is 30.4 Å². The van der Waals surface area contributed by atoms with E-state index in [-0.39, 0.29) is 6.10 Å². The van der Waals surface area contributed by atoms with Gasteiger partial charge in [0, 0.05) is 30.7 Å². The Labute approximate surface area is 120 Å². The van der Waals surface area contributed by atoms with E-state index in [4.69, 9.17) is 21.1 Å². The Bertz CT molecular complexity index is 467. The number of halogens is 1. The lowest BCUT2D eigenvalue weighted by Gasteiger charge is -2.23. The third kappa shape index (κ3) is 4.45. The number of aryl methyl sites for hydroxylation is 1. The normalized spacial score (nSPS) is 15.7. The van der Waals surface area contributed by atoms with E-state index in [2.05, 4.69) is 24.8 Å². The van der Waals surface area contributed by atoms with Crippen LogP contribution in [0.4, 0.5) is 0 Å². The van der Waals surface area contributed by atoms with Crippen LogP contribution < -0.4 is 4.74 Å². The van der Waals surface area contributed by atoms with E-state index in [0.717, 1.165) is 49.4 Å². The Kier molecular flexibility index (Phi) is 5.57. The van der Waals surface area contributed by atoms with Crippen LogP contribution in [0.5, 0.6) is 5.75 Å². The molecule has 2 rings (SSSR count). The van der Waals surface area contributed by atoms with Gasteiger partial charge in [-0.15, -0.1) is 11.6 Å². The summed E-state index contributed by atoms with van der Waals surface area (Å²) in [6, 6.07) is 6.07. The number of ether oxygens (including phenoxy) is 2. The molecule has 0 radical (unpaired) electrons. The van der Waals surface area contributed by atoms with Crippen molar-refractivity contribution in [3.63, 3.8) is 0 Å². The molecule has 0 spiro atoms. The first-order valence-corrected chi connectivity index (χ1v) is 7.23. The maximum absolute atomic E-state index is 5.97. The lowest BCUT2D eigenvalue weighted by Crippen LogP contribution is -2.25. The first-order valence-electron chi connectivity index (χ1n) is 6.69. The second-order valence-electron chi connectivity index (χ2n) is 4.65. The van der Waals surface area contributed by atoms with Crippen LogP contribution in [-0.2, 0) is 4.74 Å². The summed E-state index contributed by atoms with van der Waals surface area (Å²) in [7, 11) is 0. The van der Waals surface area contributed by atoms with Gasteiger partial charge < -0.3 is 9.47 Å². The Morgan fingerprint density at radius 3 is 2.84 bits per heavy atom. The molecule has 0 bridgehead atoms. The van der Waals surface area contributed by atoms with Crippen molar-refractivity contribution in [3.05, 3.63) is 29.3 Å². The molecule has 0 aromatic heterocycles. The Hall–Kier alpha value is -1.17. The zero-order valence-corrected chi connectivity index (χ0v) is 12.0. The maximum atomic E-state index is 5.97. The number of rotatable bonds is 3. The molecule has 1 heterocycles. The molecule has 0 aliphatic carbocycles. The van der Waals surface area contributed by atoms with Crippen LogP contribution in [0.25, 0.3) is 0 Å². The van der Waals surface area contributed by atoms with Gasteiger partial charge in [-0.1, -0.05) is 11.8 Å². The van der Waals surface area contributed by atoms with E-state index in [0.29, 0.717) is 5.88 Å². The smallest absolute Gasteiger partial charge is 0.120 e. The highest BCUT2D eigenvalue weighted by Crippen LogP contribution is 2.21. The summed E-state index contributed by atoms with van der Waals surface area (Å²) in [5, 5.41) is 0. The van der Waals surface area contributed by atoms with Crippen LogP contribution in [0, 0.1) is 18.8 Å². The second kappa shape index (κ2) is 7.43. The Morgan fingerprint density at radius 2 is 2.16 bits per heavy atom. The summed E-state index contributed by atoms with van der Waals surface area (Å²) >= 11 is 5.61. The van der Waals surface area contributed by atoms with Crippen molar-refractivity contribution in [2.75, 3.05) is 19.1 Å². The minimum absolute atomic E-state index is 0.279. The summed E-state index contributed by atoms with van der Waals surface area (Å²) in [6.07, 6.45) is 2.94. The quantitative estimate of drug-likeness (QED) is 0.622. The summed E-state index contributed by atoms with van der Waals surface area (Å²) in [4.78, 5) is 0. The molecule has 0 amide bonds. The highest BCUT2D eigenvalue weighted by atomic mass is 35.5. The molecule has 3 heteroatoms. The van der Waals surface area contributed by atoms with Gasteiger partial charge in [-0.25, -0.2) is 0 Å². The maximum Gasteiger partial charge on any atom is 0.120 e. The van der Waals surface area contributed by atoms with Crippen molar-refractivity contribution in [2.45, 2.75) is 32.3 Å². The molecule has 1 saturated heterocycles. The topological polar surface area (TPSA) is 18.5 Å². The van der Waals surface area contributed by atoms with Crippen LogP contribution in [0.2, 0.25) is 0 Å². The summed E-state index contributed by atoms with van der Waals surface area (Å²) in [5.74, 6) is 7.69. The van der Waals surface area contributed by atoms with Crippen molar-refractivity contribution in [3.8, 4) is 17.6 Å². The van der Waals surface area contributed by atoms with Gasteiger partial charge in [0.1, 0.15) is 11.9 Å². The lowest BCUT2D eigenvalue weighted by atomic mass is 10.1. The second-order valence-corrected chi connectivity index (χ2v) is 5.03. The predicted octanol–water partition coefficient (Wildman–Crippen LogP) is 3.53. The molecule has 0 N–H and O–H groups in total. The summed E-state index contributed by atoms with van der Waals surface area (Å²) in [6.45, 7) is 3.65. The molecule has 1 fully saturated rings. The van der Waals surface area contributed by atoms with Gasteiger partial charge in [-0.2, -0.15) is 0 Å². The molecule has 19 heavy (non-hydrogen) atoms. The van der Waals surface area contributed by atoms with Crippen molar-refractivity contribution in [2.24, 2.45) is 0 Å². The standard InChI is InChI=1S/C16H19ClO2/c1-13-12-16(19-15-7-10-18-11-8-15)6-5-14(13)4-2-3-9-17/h5-6,12,15H,3,7-11H2,1H3. The van der Waals surface area contributed by atoms with Crippen molar-refractivity contribution >= 4 is 11.6 Å². The van der Waals surface area contributed by atoms with Gasteiger partial charge in [0.15, 0.2) is 0 Å². The van der Waals surface area contributed by atoms with E-state index < -0.39 is 0 Å². The van der Waals surface area contributed by atoms with Crippen molar-refractivity contribution < 1.29 is 9.47 Å². The van der Waals surface area contributed by atoms with Gasteiger partial charge in [0.25, 0.3) is 0 Å². The van der Waals surface area contributed by atoms with Gasteiger partial charge in [-0.05, 0) is 30.7 Å². The fraction of sp³-hybridized carbons (Fsp3) is 0.500. The van der Waals surface area contributed by atoms with E-state index in [9.17, 15) is 0 Å². The molecular formula is C16H19ClO2. The zero-order chi connectivity index (χ0) is 13.5. The molecule has 1 aliphatic rings. The molecule has 1 aromatic carbocycles. The van der Waals surface area contributed by atoms with E-state index in [1.54, 1.807) is 0 Å². The van der Waals surface area contributed by atoms with Crippen LogP contribution in [0.15, 0.2) is 18.2 Å². The Balaban J connectivity index is 2.00. The average molecular weight is 279 g/mol. The summed E-state index contributed by atoms with van der Waals surface area (Å²) < 4.78 is 11.3. The van der Waals surface area contributed by atoms with E-state index in [1.807, 2.05) is 12.1 Å². The van der Waals surface area contributed by atoms with Crippen molar-refractivity contribution in [1.82, 2.24) is 0 Å². The number of hydrogen-bond donors (Lipinski definition) is 0. The first-order chi connectivity index (χ1) is 9.29. The number of hydrogen-bond acceptors (Lipinski definition) is 2. The van der Waals surface area contributed by atoms with Gasteiger partial charge in [-0.3, -0.25) is 0 Å². The highest BCUT2D eigenvalue weighted by Gasteiger charge is 2.15. The number of alkyl halides is 1. The van der Waals surface area contributed by atoms with Gasteiger partial charge in [0.05, 0.1) is 13.2 Å². The van der Waals surface area contributed by atoms with Gasteiger partial charge >= 0.3 is 0 Å². The molecule has 1 aliphatic heterocycles. The fourth-order valence-corrected chi connectivity index (χ4v) is 2.14. The lowest BCUT2D eigenvalue weighted by molar-refractivity contribution is 0.0255. The third-order valence-electron chi connectivity index (χ3n) is 3.11. The first kappa shape index (κ1) is 14.2. The Morgan fingerprint density at radius 1 is 1.37 bits per heavy atom. The molecule has 0 atom stereocenters. The van der Waals surface area contributed by atoms with Crippen LogP contribution in [0.3, 0.4) is 0 Å². The van der Waals surface area contributed by atoms with E-state index in [1.165, 1.54) is 0 Å². The van der Waals surface area contributed by atoms with Crippen molar-refractivity contribution in [1.29, 1.82) is 0 Å². The zero-order valence-electron chi connectivity index (χ0n) is 11.2. The minimum Gasteiger partial charge on any atom is -0.490 e. The largest absolute Gasteiger partial charge is 0.490 e. The summed E-state index contributed by atoms with van der Waals surface area (Å²) in [5.41, 5.74) is 2.19. The average Bonchev–Trinajstić information content (AvgIpc) is 2.43. The van der Waals surface area contributed by atoms with Gasteiger partial charge in [0.2, 0.25) is 0 Å². The predicted molar refractivity (Wildman–Crippen MR) is 77.9 cm³/mol. The van der Waals surface area contributed by atoms with Crippen LogP contribution >= 0.6 is 11.6 Å². The fourth-order valence-electron chi connectivity index (χ4n) is 2.04. The highest BCUT2D eigenvalue weighted by molar-refractivity contribution is 6.18. The molecule has 2 nitrogen and oxygen atoms in total. The molecule has 1 aromatic rings. The third-order valence-corrected chi connectivity index (χ3v) is 3.30. The van der Waals surface area contributed by atoms with Crippen LogP contribution in [-0.4, -0.2) is 25.2 Å². The molecule has 0 saturated carbocycles.